The molecule has 0 atom stereocenters. The van der Waals surface area contributed by atoms with Crippen LogP contribution in [0.15, 0.2) is 76.0 Å². The van der Waals surface area contributed by atoms with Gasteiger partial charge >= 0.3 is 0 Å². The van der Waals surface area contributed by atoms with Crippen LogP contribution in [0.5, 0.6) is 0 Å². The first-order chi connectivity index (χ1) is 19.1. The number of fused-ring (bicyclic) bond motifs is 8. The van der Waals surface area contributed by atoms with Crippen molar-refractivity contribution < 1.29 is 0 Å². The van der Waals surface area contributed by atoms with Crippen molar-refractivity contribution in [2.45, 2.75) is 6.92 Å². The number of aromatic nitrogens is 5. The third kappa shape index (κ3) is 2.37. The molecule has 0 aliphatic heterocycles. The molecule has 0 N–H and O–H groups in total. The fraction of sp³-hybridized carbons (Fsp3) is 0.0714. The molecular formula is C28H13N5O7. The maximum atomic E-state index is 13.5. The summed E-state index contributed by atoms with van der Waals surface area (Å²) >= 11 is 0. The van der Waals surface area contributed by atoms with Crippen LogP contribution in [0, 0.1) is 6.92 Å². The number of imidazole rings is 1. The lowest BCUT2D eigenvalue weighted by Gasteiger charge is -1.96. The Hall–Kier alpha value is -5.78. The number of hydrogen-bond donors (Lipinski definition) is 0. The molecule has 40 heavy (non-hydrogen) atoms. The van der Waals surface area contributed by atoms with E-state index in [1.165, 1.54) is 23.6 Å². The highest BCUT2D eigenvalue weighted by molar-refractivity contribution is 6.07. The lowest BCUT2D eigenvalue weighted by Crippen LogP contribution is -2.42. The number of rotatable bonds is 1. The summed E-state index contributed by atoms with van der Waals surface area (Å²) in [7, 11) is 1.28. The van der Waals surface area contributed by atoms with Crippen LogP contribution >= 0.6 is 0 Å². The van der Waals surface area contributed by atoms with Gasteiger partial charge in [0.1, 0.15) is 5.65 Å². The Bertz CT molecular complexity index is 2800. The van der Waals surface area contributed by atoms with Crippen molar-refractivity contribution in [1.29, 1.82) is 0 Å². The van der Waals surface area contributed by atoms with Crippen molar-refractivity contribution in [3.05, 3.63) is 121 Å². The van der Waals surface area contributed by atoms with Gasteiger partial charge in [0, 0.05) is 12.4 Å². The van der Waals surface area contributed by atoms with Crippen molar-refractivity contribution in [1.82, 2.24) is 23.3 Å². The van der Waals surface area contributed by atoms with Crippen LogP contribution in [-0.2, 0) is 7.05 Å². The van der Waals surface area contributed by atoms with Gasteiger partial charge in [-0.1, -0.05) is 6.07 Å². The number of aryl methyl sites for hydroxylation is 1. The maximum absolute atomic E-state index is 13.5. The van der Waals surface area contributed by atoms with Crippen LogP contribution < -0.4 is 38.9 Å². The Morgan fingerprint density at radius 3 is 1.45 bits per heavy atom. The molecule has 0 saturated carbocycles. The van der Waals surface area contributed by atoms with E-state index in [1.54, 1.807) is 6.07 Å². The normalized spacial score (nSPS) is 12.4. The molecule has 0 bridgehead atoms. The summed E-state index contributed by atoms with van der Waals surface area (Å²) in [5.41, 5.74) is -3.16. The second kappa shape index (κ2) is 6.80. The Balaban J connectivity index is 1.48. The molecule has 0 spiro atoms. The second-order valence-electron chi connectivity index (χ2n) is 9.97. The minimum absolute atomic E-state index is 0.0513. The average Bonchev–Trinajstić information content (AvgIpc) is 3.64. The third-order valence-corrected chi connectivity index (χ3v) is 7.76. The third-order valence-electron chi connectivity index (χ3n) is 7.76. The summed E-state index contributed by atoms with van der Waals surface area (Å²) in [6.45, 7) is 1.88. The minimum atomic E-state index is -0.993. The van der Waals surface area contributed by atoms with E-state index in [-0.39, 0.29) is 37.7 Å². The summed E-state index contributed by atoms with van der Waals surface area (Å²) in [6, 6.07) is 10.4. The van der Waals surface area contributed by atoms with E-state index in [4.69, 9.17) is 0 Å². The van der Waals surface area contributed by atoms with Crippen molar-refractivity contribution >= 4 is 59.8 Å². The Kier molecular flexibility index (Phi) is 3.78. The van der Waals surface area contributed by atoms with Crippen molar-refractivity contribution in [2.75, 3.05) is 0 Å². The van der Waals surface area contributed by atoms with E-state index in [0.29, 0.717) is 31.4 Å². The molecular weight excluding hydrogens is 518 g/mol. The van der Waals surface area contributed by atoms with E-state index in [2.05, 4.69) is 4.98 Å². The summed E-state index contributed by atoms with van der Waals surface area (Å²) in [4.78, 5) is 96.4. The predicted octanol–water partition coefficient (Wildman–Crippen LogP) is -0.0658. The second-order valence-corrected chi connectivity index (χ2v) is 9.97. The van der Waals surface area contributed by atoms with Gasteiger partial charge in [0.25, 0.3) is 38.9 Å². The van der Waals surface area contributed by atoms with Gasteiger partial charge in [-0.05, 0) is 48.9 Å². The van der Waals surface area contributed by atoms with E-state index in [9.17, 15) is 33.6 Å². The van der Waals surface area contributed by atoms with Gasteiger partial charge in [-0.2, -0.15) is 9.35 Å². The fourth-order valence-electron chi connectivity index (χ4n) is 5.77. The zero-order valence-electron chi connectivity index (χ0n) is 20.6. The summed E-state index contributed by atoms with van der Waals surface area (Å²) < 4.78 is 3.14. The molecule has 8 rings (SSSR count). The van der Waals surface area contributed by atoms with Gasteiger partial charge in [-0.25, -0.2) is 4.98 Å². The van der Waals surface area contributed by atoms with Crippen LogP contribution in [0.2, 0.25) is 0 Å². The fourth-order valence-corrected chi connectivity index (χ4v) is 5.77. The molecule has 5 aromatic heterocycles. The molecule has 0 fully saturated rings. The first-order valence-electron chi connectivity index (χ1n) is 12.1. The monoisotopic (exact) mass is 531 g/mol. The molecule has 3 aromatic carbocycles. The predicted molar refractivity (Wildman–Crippen MR) is 148 cm³/mol. The number of benzene rings is 3. The Labute approximate surface area is 217 Å². The smallest absolute Gasteiger partial charge is 0.277 e. The average molecular weight is 531 g/mol. The van der Waals surface area contributed by atoms with Gasteiger partial charge in [-0.15, -0.1) is 0 Å². The SMILES string of the molecule is Cc1ccc2nc3c4cc5c(=O)n(-n6c(=O)c7cc8c(=O)n(C)c(=O)c8cc7c6=O)c(=O)c5cc4c(=O)n3c2c1. The minimum Gasteiger partial charge on any atom is -0.277 e. The summed E-state index contributed by atoms with van der Waals surface area (Å²) in [6.07, 6.45) is 0. The molecule has 0 saturated heterocycles. The Morgan fingerprint density at radius 1 is 0.525 bits per heavy atom. The molecule has 5 heterocycles. The lowest BCUT2D eigenvalue weighted by molar-refractivity contribution is 0.594. The highest BCUT2D eigenvalue weighted by Gasteiger charge is 2.25. The zero-order chi connectivity index (χ0) is 27.9. The lowest BCUT2D eigenvalue weighted by atomic mass is 10.1. The van der Waals surface area contributed by atoms with Crippen LogP contribution in [0.3, 0.4) is 0 Å². The first-order valence-corrected chi connectivity index (χ1v) is 12.1. The van der Waals surface area contributed by atoms with Crippen molar-refractivity contribution in [3.8, 4) is 0 Å². The van der Waals surface area contributed by atoms with Gasteiger partial charge in [0.2, 0.25) is 0 Å². The van der Waals surface area contributed by atoms with Crippen LogP contribution in [0.1, 0.15) is 5.56 Å². The largest absolute Gasteiger partial charge is 0.281 e. The van der Waals surface area contributed by atoms with E-state index < -0.39 is 38.9 Å². The van der Waals surface area contributed by atoms with E-state index in [0.717, 1.165) is 22.3 Å². The number of nitrogens with zero attached hydrogens (tertiary/aromatic N) is 5. The van der Waals surface area contributed by atoms with Crippen molar-refractivity contribution in [2.24, 2.45) is 7.05 Å². The molecule has 0 aliphatic rings. The highest BCUT2D eigenvalue weighted by Crippen LogP contribution is 2.26. The molecule has 0 aliphatic carbocycles. The zero-order valence-corrected chi connectivity index (χ0v) is 20.6. The molecule has 8 aromatic rings. The van der Waals surface area contributed by atoms with E-state index >= 15 is 0 Å². The van der Waals surface area contributed by atoms with Gasteiger partial charge in [0.05, 0.1) is 48.7 Å². The molecule has 0 amide bonds. The van der Waals surface area contributed by atoms with E-state index in [1.807, 2.05) is 19.1 Å². The molecule has 12 heteroatoms. The topological polar surface area (TPSA) is 152 Å². The van der Waals surface area contributed by atoms with Gasteiger partial charge in [0.15, 0.2) is 0 Å². The molecule has 192 valence electrons. The maximum Gasteiger partial charge on any atom is 0.281 e. The molecule has 0 unspecified atom stereocenters. The van der Waals surface area contributed by atoms with Crippen LogP contribution in [0.25, 0.3) is 59.8 Å². The standard InChI is InChI=1S/C28H13N5O7/c1-10-3-4-19-20(5-10)31-21(29-19)11-6-15-16(7-12(11)24(31)36)26(38)32(25(15)37)33-27(39)17-8-13-14(9-18(17)28(33)40)23(35)30(2)22(13)34/h3-9H,1-2H3. The number of hydrogen-bond acceptors (Lipinski definition) is 8. The van der Waals surface area contributed by atoms with Crippen LogP contribution in [-0.4, -0.2) is 23.3 Å². The van der Waals surface area contributed by atoms with Gasteiger partial charge in [-0.3, -0.25) is 42.5 Å². The summed E-state index contributed by atoms with van der Waals surface area (Å²) in [5, 5.41) is -0.257. The first kappa shape index (κ1) is 22.2. The highest BCUT2D eigenvalue weighted by atomic mass is 16.2. The molecule has 12 nitrogen and oxygen atoms in total. The Morgan fingerprint density at radius 2 is 0.950 bits per heavy atom. The summed E-state index contributed by atoms with van der Waals surface area (Å²) in [5.74, 6) is 0. The van der Waals surface area contributed by atoms with Gasteiger partial charge < -0.3 is 0 Å². The van der Waals surface area contributed by atoms with Crippen LogP contribution in [0.4, 0.5) is 0 Å². The van der Waals surface area contributed by atoms with Crippen molar-refractivity contribution in [3.63, 3.8) is 0 Å². The quantitative estimate of drug-likeness (QED) is 0.286. The molecule has 0 radical (unpaired) electrons.